The highest BCUT2D eigenvalue weighted by atomic mass is 19.1. The van der Waals surface area contributed by atoms with Gasteiger partial charge in [0.15, 0.2) is 0 Å². The summed E-state index contributed by atoms with van der Waals surface area (Å²) in [7, 11) is 1.56. The minimum atomic E-state index is -0.373. The van der Waals surface area contributed by atoms with E-state index in [1.165, 1.54) is 24.3 Å². The SMILES string of the molecule is COc1ccc2c(=O)c(Oc3ccc(F)cc3)c(C)oc2c1C. The van der Waals surface area contributed by atoms with Gasteiger partial charge in [0.1, 0.15) is 28.7 Å². The molecule has 4 nitrogen and oxygen atoms in total. The number of rotatable bonds is 3. The molecule has 0 unspecified atom stereocenters. The van der Waals surface area contributed by atoms with E-state index >= 15 is 0 Å². The summed E-state index contributed by atoms with van der Waals surface area (Å²) in [6.45, 7) is 3.47. The Hall–Kier alpha value is -2.82. The zero-order valence-corrected chi connectivity index (χ0v) is 13.0. The molecule has 0 radical (unpaired) electrons. The van der Waals surface area contributed by atoms with Crippen LogP contribution in [0.2, 0.25) is 0 Å². The predicted molar refractivity (Wildman–Crippen MR) is 85.0 cm³/mol. The summed E-state index contributed by atoms with van der Waals surface area (Å²) in [6.07, 6.45) is 0. The van der Waals surface area contributed by atoms with Gasteiger partial charge >= 0.3 is 0 Å². The average molecular weight is 314 g/mol. The highest BCUT2D eigenvalue weighted by Gasteiger charge is 2.16. The van der Waals surface area contributed by atoms with E-state index in [-0.39, 0.29) is 17.0 Å². The molecule has 0 spiro atoms. The summed E-state index contributed by atoms with van der Waals surface area (Å²) in [6, 6.07) is 8.80. The first kappa shape index (κ1) is 15.1. The topological polar surface area (TPSA) is 48.7 Å². The molecular weight excluding hydrogens is 299 g/mol. The number of ether oxygens (including phenoxy) is 2. The Labute approximate surface area is 132 Å². The summed E-state index contributed by atoms with van der Waals surface area (Å²) < 4.78 is 29.6. The first-order valence-corrected chi connectivity index (χ1v) is 7.05. The molecule has 0 aliphatic heterocycles. The molecule has 3 rings (SSSR count). The van der Waals surface area contributed by atoms with Crippen molar-refractivity contribution in [2.75, 3.05) is 7.11 Å². The fraction of sp³-hybridized carbons (Fsp3) is 0.167. The molecule has 0 fully saturated rings. The first-order chi connectivity index (χ1) is 11.0. The van der Waals surface area contributed by atoms with Crippen LogP contribution in [0, 0.1) is 19.7 Å². The number of benzene rings is 2. The van der Waals surface area contributed by atoms with Gasteiger partial charge < -0.3 is 13.9 Å². The molecule has 0 atom stereocenters. The maximum atomic E-state index is 13.0. The van der Waals surface area contributed by atoms with Gasteiger partial charge in [-0.2, -0.15) is 0 Å². The van der Waals surface area contributed by atoms with Gasteiger partial charge in [-0.25, -0.2) is 4.39 Å². The molecule has 3 aromatic rings. The van der Waals surface area contributed by atoms with Crippen LogP contribution in [0.5, 0.6) is 17.2 Å². The second kappa shape index (κ2) is 5.76. The zero-order valence-electron chi connectivity index (χ0n) is 13.0. The third kappa shape index (κ3) is 2.65. The summed E-state index contributed by atoms with van der Waals surface area (Å²) in [5, 5.41) is 0.408. The van der Waals surface area contributed by atoms with E-state index in [1.54, 1.807) is 26.2 Å². The number of aryl methyl sites for hydroxylation is 2. The van der Waals surface area contributed by atoms with E-state index in [2.05, 4.69) is 0 Å². The van der Waals surface area contributed by atoms with Crippen molar-refractivity contribution in [1.82, 2.24) is 0 Å². The molecule has 0 bridgehead atoms. The summed E-state index contributed by atoms with van der Waals surface area (Å²) in [4.78, 5) is 12.7. The van der Waals surface area contributed by atoms with E-state index in [1.807, 2.05) is 6.92 Å². The van der Waals surface area contributed by atoms with Crippen LogP contribution >= 0.6 is 0 Å². The van der Waals surface area contributed by atoms with Crippen LogP contribution in [0.4, 0.5) is 4.39 Å². The van der Waals surface area contributed by atoms with Crippen LogP contribution < -0.4 is 14.9 Å². The lowest BCUT2D eigenvalue weighted by Crippen LogP contribution is -2.08. The number of hydrogen-bond donors (Lipinski definition) is 0. The van der Waals surface area contributed by atoms with Gasteiger partial charge in [0.2, 0.25) is 11.2 Å². The van der Waals surface area contributed by atoms with Crippen LogP contribution in [0.25, 0.3) is 11.0 Å². The van der Waals surface area contributed by atoms with Crippen molar-refractivity contribution >= 4 is 11.0 Å². The van der Waals surface area contributed by atoms with Gasteiger partial charge in [-0.3, -0.25) is 4.79 Å². The summed E-state index contributed by atoms with van der Waals surface area (Å²) >= 11 is 0. The quantitative estimate of drug-likeness (QED) is 0.721. The highest BCUT2D eigenvalue weighted by Crippen LogP contribution is 2.30. The number of hydrogen-bond acceptors (Lipinski definition) is 4. The molecule has 0 aliphatic rings. The Bertz CT molecular complexity index is 926. The molecule has 5 heteroatoms. The summed E-state index contributed by atoms with van der Waals surface area (Å²) in [5.41, 5.74) is 0.940. The first-order valence-electron chi connectivity index (χ1n) is 7.05. The second-order valence-electron chi connectivity index (χ2n) is 5.14. The van der Waals surface area contributed by atoms with Gasteiger partial charge in [0.05, 0.1) is 12.5 Å². The van der Waals surface area contributed by atoms with E-state index in [0.29, 0.717) is 28.2 Å². The molecule has 0 N–H and O–H groups in total. The van der Waals surface area contributed by atoms with Crippen LogP contribution in [0.1, 0.15) is 11.3 Å². The minimum Gasteiger partial charge on any atom is -0.496 e. The Morgan fingerprint density at radius 2 is 1.74 bits per heavy atom. The van der Waals surface area contributed by atoms with Crippen LogP contribution in [0.3, 0.4) is 0 Å². The maximum Gasteiger partial charge on any atom is 0.235 e. The zero-order chi connectivity index (χ0) is 16.6. The number of halogens is 1. The highest BCUT2D eigenvalue weighted by molar-refractivity contribution is 5.83. The number of fused-ring (bicyclic) bond motifs is 1. The molecule has 1 heterocycles. The molecule has 118 valence electrons. The van der Waals surface area contributed by atoms with Crippen molar-refractivity contribution in [3.8, 4) is 17.2 Å². The number of methoxy groups -OCH3 is 1. The van der Waals surface area contributed by atoms with Crippen LogP contribution in [0.15, 0.2) is 45.6 Å². The Morgan fingerprint density at radius 1 is 1.04 bits per heavy atom. The van der Waals surface area contributed by atoms with Crippen molar-refractivity contribution in [2.45, 2.75) is 13.8 Å². The normalized spacial score (nSPS) is 10.8. The van der Waals surface area contributed by atoms with Crippen molar-refractivity contribution < 1.29 is 18.3 Å². The largest absolute Gasteiger partial charge is 0.496 e. The standard InChI is InChI=1S/C18H15FO4/c1-10-15(21-3)9-8-14-16(20)18(11(2)22-17(10)14)23-13-6-4-12(19)5-7-13/h4-9H,1-3H3. The average Bonchev–Trinajstić information content (AvgIpc) is 2.54. The fourth-order valence-corrected chi connectivity index (χ4v) is 2.43. The molecule has 0 aliphatic carbocycles. The predicted octanol–water partition coefficient (Wildman–Crippen LogP) is 4.35. The third-order valence-corrected chi connectivity index (χ3v) is 3.64. The van der Waals surface area contributed by atoms with Crippen molar-refractivity contribution in [1.29, 1.82) is 0 Å². The maximum absolute atomic E-state index is 13.0. The molecule has 23 heavy (non-hydrogen) atoms. The lowest BCUT2D eigenvalue weighted by molar-refractivity contribution is 0.408. The fourth-order valence-electron chi connectivity index (χ4n) is 2.43. The van der Waals surface area contributed by atoms with Crippen molar-refractivity contribution in [3.63, 3.8) is 0 Å². The lowest BCUT2D eigenvalue weighted by Gasteiger charge is -2.11. The van der Waals surface area contributed by atoms with Gasteiger partial charge in [-0.15, -0.1) is 0 Å². The van der Waals surface area contributed by atoms with Gasteiger partial charge in [-0.05, 0) is 50.2 Å². The van der Waals surface area contributed by atoms with Crippen molar-refractivity contribution in [3.05, 3.63) is 63.8 Å². The van der Waals surface area contributed by atoms with Crippen LogP contribution in [-0.2, 0) is 0 Å². The van der Waals surface area contributed by atoms with Crippen molar-refractivity contribution in [2.24, 2.45) is 0 Å². The van der Waals surface area contributed by atoms with Gasteiger partial charge in [0.25, 0.3) is 0 Å². The smallest absolute Gasteiger partial charge is 0.235 e. The van der Waals surface area contributed by atoms with E-state index < -0.39 is 0 Å². The van der Waals surface area contributed by atoms with E-state index in [4.69, 9.17) is 13.9 Å². The summed E-state index contributed by atoms with van der Waals surface area (Å²) in [5.74, 6) is 1.08. The molecule has 2 aromatic carbocycles. The third-order valence-electron chi connectivity index (χ3n) is 3.64. The van der Waals surface area contributed by atoms with E-state index in [9.17, 15) is 9.18 Å². The Morgan fingerprint density at radius 3 is 2.39 bits per heavy atom. The van der Waals surface area contributed by atoms with Gasteiger partial charge in [0, 0.05) is 5.56 Å². The Balaban J connectivity index is 2.15. The van der Waals surface area contributed by atoms with Crippen LogP contribution in [-0.4, -0.2) is 7.11 Å². The van der Waals surface area contributed by atoms with E-state index in [0.717, 1.165) is 5.56 Å². The second-order valence-corrected chi connectivity index (χ2v) is 5.14. The Kier molecular flexibility index (Phi) is 3.78. The molecule has 1 aromatic heterocycles. The monoisotopic (exact) mass is 314 g/mol. The molecule has 0 saturated heterocycles. The lowest BCUT2D eigenvalue weighted by atomic mass is 10.1. The molecular formula is C18H15FO4. The minimum absolute atomic E-state index is 0.0914. The molecule has 0 saturated carbocycles. The molecule has 0 amide bonds. The van der Waals surface area contributed by atoms with Gasteiger partial charge in [-0.1, -0.05) is 0 Å².